The van der Waals surface area contributed by atoms with Crippen molar-refractivity contribution in [3.8, 4) is 11.5 Å². The Morgan fingerprint density at radius 1 is 0.820 bits per heavy atom. The average molecular weight is 859 g/mol. The molecule has 4 aromatic carbocycles. The van der Waals surface area contributed by atoms with Gasteiger partial charge in [-0.15, -0.1) is 0 Å². The van der Waals surface area contributed by atoms with E-state index in [0.717, 1.165) is 4.57 Å². The predicted octanol–water partition coefficient (Wildman–Crippen LogP) is 6.04. The topological polar surface area (TPSA) is 191 Å². The zero-order valence-electron chi connectivity index (χ0n) is 35.2. The number of methoxy groups -OCH3 is 2. The Kier molecular flexibility index (Phi) is 16.2. The van der Waals surface area contributed by atoms with Gasteiger partial charge in [0.2, 0.25) is 5.34 Å². The number of ether oxygens (including phenoxy) is 5. The van der Waals surface area contributed by atoms with E-state index in [2.05, 4.69) is 36.0 Å². The molecular formula is C45H55N4O11P. The highest BCUT2D eigenvalue weighted by molar-refractivity contribution is 7.53. The van der Waals surface area contributed by atoms with Gasteiger partial charge in [-0.3, -0.25) is 13.9 Å². The molecule has 0 radical (unpaired) electrons. The molecule has 1 aliphatic rings. The van der Waals surface area contributed by atoms with Crippen LogP contribution in [0.15, 0.2) is 126 Å². The van der Waals surface area contributed by atoms with E-state index in [0.29, 0.717) is 33.8 Å². The van der Waals surface area contributed by atoms with Gasteiger partial charge in [-0.2, -0.15) is 4.98 Å². The van der Waals surface area contributed by atoms with Gasteiger partial charge in [-0.05, 0) is 85.7 Å². The maximum atomic E-state index is 13.5. The third kappa shape index (κ3) is 10.3. The van der Waals surface area contributed by atoms with Crippen molar-refractivity contribution in [3.63, 3.8) is 0 Å². The summed E-state index contributed by atoms with van der Waals surface area (Å²) in [5.41, 5.74) is -0.184. The fraction of sp³-hybridized carbons (Fsp3) is 0.356. The lowest BCUT2D eigenvalue weighted by molar-refractivity contribution is -0.105. The summed E-state index contributed by atoms with van der Waals surface area (Å²) in [6.07, 6.45) is -3.87. The van der Waals surface area contributed by atoms with Crippen molar-refractivity contribution < 1.29 is 47.9 Å². The third-order valence-corrected chi connectivity index (χ3v) is 12.1. The van der Waals surface area contributed by atoms with Crippen LogP contribution in [0, 0.1) is 0 Å². The highest BCUT2D eigenvalue weighted by Gasteiger charge is 2.67. The van der Waals surface area contributed by atoms with Crippen LogP contribution in [-0.2, 0) is 24.4 Å². The second-order valence-corrected chi connectivity index (χ2v) is 15.8. The molecule has 1 aliphatic heterocycles. The van der Waals surface area contributed by atoms with Crippen molar-refractivity contribution in [1.82, 2.24) is 14.5 Å². The molecule has 15 nitrogen and oxygen atoms in total. The second kappa shape index (κ2) is 21.0. The molecule has 1 fully saturated rings. The molecule has 1 amide bonds. The summed E-state index contributed by atoms with van der Waals surface area (Å²) in [6.45, 7) is 11.0. The Morgan fingerprint density at radius 2 is 1.33 bits per heavy atom. The lowest BCUT2D eigenvalue weighted by Gasteiger charge is -2.39. The van der Waals surface area contributed by atoms with E-state index in [-0.39, 0.29) is 12.4 Å². The Bertz CT molecular complexity index is 2200. The number of carbonyl (C=O) groups is 1. The Labute approximate surface area is 356 Å². The van der Waals surface area contributed by atoms with Crippen molar-refractivity contribution in [2.24, 2.45) is 0 Å². The monoisotopic (exact) mass is 858 g/mol. The first-order valence-corrected chi connectivity index (χ1v) is 21.6. The van der Waals surface area contributed by atoms with Crippen LogP contribution in [0.3, 0.4) is 0 Å². The van der Waals surface area contributed by atoms with Crippen LogP contribution < -0.4 is 20.5 Å². The van der Waals surface area contributed by atoms with Crippen LogP contribution in [0.1, 0.15) is 61.0 Å². The molecule has 5 aromatic rings. The molecule has 2 heterocycles. The first-order valence-electron chi connectivity index (χ1n) is 20.0. The lowest BCUT2D eigenvalue weighted by atomic mass is 9.80. The average Bonchev–Trinajstić information content (AvgIpc) is 3.57. The number of rotatable bonds is 17. The summed E-state index contributed by atoms with van der Waals surface area (Å²) in [7, 11) is -2.44. The largest absolute Gasteiger partial charge is 0.497 e. The molecule has 0 aliphatic carbocycles. The van der Waals surface area contributed by atoms with E-state index in [1.165, 1.54) is 31.9 Å². The Balaban J connectivity index is 0.000000925. The molecule has 1 aromatic heterocycles. The van der Waals surface area contributed by atoms with Gasteiger partial charge in [0, 0.05) is 18.4 Å². The number of aliphatic hydroxyl groups is 1. The molecule has 2 unspecified atom stereocenters. The number of nitrogens with one attached hydrogen (secondary N) is 1. The normalized spacial score (nSPS) is 18.9. The predicted molar refractivity (Wildman–Crippen MR) is 231 cm³/mol. The summed E-state index contributed by atoms with van der Waals surface area (Å²) >= 11 is 0. The van der Waals surface area contributed by atoms with E-state index in [1.807, 2.05) is 30.3 Å². The summed E-state index contributed by atoms with van der Waals surface area (Å²) in [6, 6.07) is 33.0. The fourth-order valence-corrected chi connectivity index (χ4v) is 8.29. The Morgan fingerprint density at radius 3 is 1.77 bits per heavy atom. The van der Waals surface area contributed by atoms with E-state index >= 15 is 0 Å². The number of benzene rings is 4. The number of nitrogens with zero attached hydrogens (tertiary/aromatic N) is 3. The van der Waals surface area contributed by atoms with Gasteiger partial charge < -0.3 is 48.8 Å². The van der Waals surface area contributed by atoms with Crippen molar-refractivity contribution in [1.29, 1.82) is 0 Å². The van der Waals surface area contributed by atoms with Crippen LogP contribution in [0.25, 0.3) is 0 Å². The highest BCUT2D eigenvalue weighted by Crippen LogP contribution is 2.60. The van der Waals surface area contributed by atoms with Crippen LogP contribution in [0.4, 0.5) is 5.82 Å². The van der Waals surface area contributed by atoms with Gasteiger partial charge in [-0.1, -0.05) is 93.6 Å². The van der Waals surface area contributed by atoms with E-state index in [1.54, 1.807) is 100 Å². The van der Waals surface area contributed by atoms with Crippen molar-refractivity contribution in [3.05, 3.63) is 154 Å². The van der Waals surface area contributed by atoms with Crippen LogP contribution in [0.5, 0.6) is 11.5 Å². The summed E-state index contributed by atoms with van der Waals surface area (Å²) in [4.78, 5) is 54.1. The van der Waals surface area contributed by atoms with Crippen molar-refractivity contribution in [2.45, 2.75) is 57.1 Å². The standard InChI is InChI=1S/C39H40N3O11P.C6H15N/c1-4-51-34-36(42-24-23-33(41-37(42)44)40-35(43)26-11-7-5-8-12-26)53-32(39(34,45)54(46,47)48)25-52-38(27-13-9-6-10-14-27,28-15-19-30(49-2)20-16-28)29-17-21-31(50-3)22-18-29;1-4-7(5-2)6-3/h5-24,32,34,36,45H,4,25H2,1-3H3,(H2,46,47,48)(H,40,41,43,44);4-6H2,1-3H3/t32-,34?,36-,39?;/m1./s1. The number of amides is 1. The third-order valence-electron chi connectivity index (χ3n) is 10.6. The summed E-state index contributed by atoms with van der Waals surface area (Å²) < 4.78 is 43.9. The minimum atomic E-state index is -5.52. The SMILES string of the molecule is CCN(CC)CC.CCOC1[C@H](n2ccc(NC(=O)c3ccccc3)nc2=O)O[C@H](COC(c2ccccc2)(c2ccc(OC)cc2)c2ccc(OC)cc2)C1(O)P(=O)(O)O. The van der Waals surface area contributed by atoms with E-state index < -0.39 is 55.2 Å². The number of aromatic nitrogens is 2. The second-order valence-electron chi connectivity index (χ2n) is 14.0. The molecule has 0 spiro atoms. The summed E-state index contributed by atoms with van der Waals surface area (Å²) in [5.74, 6) is 0.580. The van der Waals surface area contributed by atoms with Gasteiger partial charge in [0.25, 0.3) is 5.91 Å². The highest BCUT2D eigenvalue weighted by atomic mass is 31.2. The first kappa shape index (κ1) is 46.8. The molecule has 6 rings (SSSR count). The fourth-order valence-electron chi connectivity index (χ4n) is 7.24. The minimum absolute atomic E-state index is 0.0761. The van der Waals surface area contributed by atoms with Crippen LogP contribution in [0.2, 0.25) is 0 Å². The molecule has 16 heteroatoms. The van der Waals surface area contributed by atoms with Gasteiger partial charge in [0.15, 0.2) is 6.23 Å². The molecular weight excluding hydrogens is 803 g/mol. The first-order chi connectivity index (χ1) is 29.3. The number of hydrogen-bond donors (Lipinski definition) is 4. The molecule has 1 saturated heterocycles. The molecule has 61 heavy (non-hydrogen) atoms. The molecule has 4 atom stereocenters. The quantitative estimate of drug-likeness (QED) is 0.0626. The maximum absolute atomic E-state index is 13.5. The van der Waals surface area contributed by atoms with Gasteiger partial charge in [-0.25, -0.2) is 4.79 Å². The zero-order valence-corrected chi connectivity index (χ0v) is 36.1. The molecule has 4 N–H and O–H groups in total. The van der Waals surface area contributed by atoms with Gasteiger partial charge in [0.05, 0.1) is 20.8 Å². The summed E-state index contributed by atoms with van der Waals surface area (Å²) in [5, 5.41) is 11.7. The van der Waals surface area contributed by atoms with E-state index in [4.69, 9.17) is 23.7 Å². The maximum Gasteiger partial charge on any atom is 0.362 e. The zero-order chi connectivity index (χ0) is 44.2. The van der Waals surface area contributed by atoms with E-state index in [9.17, 15) is 29.0 Å². The smallest absolute Gasteiger partial charge is 0.362 e. The number of hydrogen-bond acceptors (Lipinski definition) is 11. The van der Waals surface area contributed by atoms with Crippen LogP contribution in [-0.4, -0.2) is 99.9 Å². The molecule has 0 bridgehead atoms. The van der Waals surface area contributed by atoms with Gasteiger partial charge in [0.1, 0.15) is 35.1 Å². The van der Waals surface area contributed by atoms with Crippen molar-refractivity contribution >= 4 is 19.3 Å². The van der Waals surface area contributed by atoms with Crippen LogP contribution >= 0.6 is 7.60 Å². The minimum Gasteiger partial charge on any atom is -0.497 e. The molecule has 0 saturated carbocycles. The number of carbonyl (C=O) groups excluding carboxylic acids is 1. The lowest BCUT2D eigenvalue weighted by Crippen LogP contribution is -2.51. The number of anilines is 1. The Hall–Kier alpha value is -5.22. The molecule has 326 valence electrons. The van der Waals surface area contributed by atoms with Crippen molar-refractivity contribution in [2.75, 3.05) is 52.4 Å². The van der Waals surface area contributed by atoms with Gasteiger partial charge >= 0.3 is 13.3 Å².